The fourth-order valence-corrected chi connectivity index (χ4v) is 1.94. The summed E-state index contributed by atoms with van der Waals surface area (Å²) >= 11 is 0. The lowest BCUT2D eigenvalue weighted by molar-refractivity contribution is -0.139. The van der Waals surface area contributed by atoms with Crippen molar-refractivity contribution in [3.63, 3.8) is 0 Å². The van der Waals surface area contributed by atoms with Gasteiger partial charge in [0.05, 0.1) is 18.4 Å². The van der Waals surface area contributed by atoms with Crippen LogP contribution in [0.15, 0.2) is 34.9 Å². The molecule has 1 N–H and O–H groups in total. The zero-order valence-electron chi connectivity index (χ0n) is 11.6. The van der Waals surface area contributed by atoms with Gasteiger partial charge >= 0.3 is 6.18 Å². The van der Waals surface area contributed by atoms with Crippen LogP contribution in [-0.4, -0.2) is 6.04 Å². The molecule has 2 aromatic rings. The predicted molar refractivity (Wildman–Crippen MR) is 71.1 cm³/mol. The van der Waals surface area contributed by atoms with Gasteiger partial charge in [0.15, 0.2) is 0 Å². The van der Waals surface area contributed by atoms with Gasteiger partial charge in [-0.25, -0.2) is 4.39 Å². The molecule has 2 rings (SSSR count). The Morgan fingerprint density at radius 2 is 1.90 bits per heavy atom. The maximum atomic E-state index is 13.3. The Morgan fingerprint density at radius 3 is 2.52 bits per heavy atom. The summed E-state index contributed by atoms with van der Waals surface area (Å²) in [4.78, 5) is 0. The molecule has 6 heteroatoms. The van der Waals surface area contributed by atoms with E-state index in [2.05, 4.69) is 5.32 Å². The maximum Gasteiger partial charge on any atom is 0.419 e. The van der Waals surface area contributed by atoms with Crippen LogP contribution < -0.4 is 5.32 Å². The normalized spacial score (nSPS) is 12.1. The van der Waals surface area contributed by atoms with Crippen LogP contribution in [0.25, 0.3) is 11.1 Å². The lowest BCUT2D eigenvalue weighted by atomic mass is 10.0. The number of rotatable bonds is 4. The third kappa shape index (κ3) is 3.64. The van der Waals surface area contributed by atoms with Crippen LogP contribution in [0.4, 0.5) is 17.6 Å². The second-order valence-corrected chi connectivity index (χ2v) is 4.99. The fraction of sp³-hybridized carbons (Fsp3) is 0.333. The highest BCUT2D eigenvalue weighted by atomic mass is 19.4. The SMILES string of the molecule is CC(C)NCc1occc1-c1ccc(F)c(C(F)(F)F)c1. The average molecular weight is 301 g/mol. The van der Waals surface area contributed by atoms with Gasteiger partial charge in [0, 0.05) is 11.6 Å². The zero-order valence-corrected chi connectivity index (χ0v) is 11.6. The van der Waals surface area contributed by atoms with Crippen LogP contribution in [0.5, 0.6) is 0 Å². The minimum atomic E-state index is -4.72. The Morgan fingerprint density at radius 1 is 1.19 bits per heavy atom. The fourth-order valence-electron chi connectivity index (χ4n) is 1.94. The van der Waals surface area contributed by atoms with Crippen LogP contribution in [0, 0.1) is 5.82 Å². The largest absolute Gasteiger partial charge is 0.467 e. The number of benzene rings is 1. The standard InChI is InChI=1S/C15H15F4NO/c1-9(2)20-8-14-11(5-6-21-14)10-3-4-13(16)12(7-10)15(17,18)19/h3-7,9,20H,8H2,1-2H3. The van der Waals surface area contributed by atoms with Gasteiger partial charge in [-0.2, -0.15) is 13.2 Å². The molecule has 0 saturated heterocycles. The monoisotopic (exact) mass is 301 g/mol. The highest BCUT2D eigenvalue weighted by molar-refractivity contribution is 5.66. The molecule has 1 aromatic heterocycles. The molecule has 0 atom stereocenters. The van der Waals surface area contributed by atoms with E-state index in [4.69, 9.17) is 4.42 Å². The summed E-state index contributed by atoms with van der Waals surface area (Å²) in [6.45, 7) is 4.28. The van der Waals surface area contributed by atoms with Gasteiger partial charge in [-0.1, -0.05) is 19.9 Å². The molecule has 0 amide bonds. The Balaban J connectivity index is 2.37. The molecular formula is C15H15F4NO. The van der Waals surface area contributed by atoms with E-state index in [0.29, 0.717) is 17.9 Å². The van der Waals surface area contributed by atoms with Crippen molar-refractivity contribution in [3.8, 4) is 11.1 Å². The summed E-state index contributed by atoms with van der Waals surface area (Å²) < 4.78 is 56.8. The van der Waals surface area contributed by atoms with E-state index in [1.165, 1.54) is 12.3 Å². The van der Waals surface area contributed by atoms with E-state index in [-0.39, 0.29) is 11.6 Å². The lowest BCUT2D eigenvalue weighted by Gasteiger charge is -2.11. The molecule has 0 spiro atoms. The Hall–Kier alpha value is -1.82. The summed E-state index contributed by atoms with van der Waals surface area (Å²) in [5.41, 5.74) is -0.476. The topological polar surface area (TPSA) is 25.2 Å². The van der Waals surface area contributed by atoms with Gasteiger partial charge in [0.2, 0.25) is 0 Å². The summed E-state index contributed by atoms with van der Waals surface area (Å²) in [5, 5.41) is 3.12. The third-order valence-corrected chi connectivity index (χ3v) is 3.00. The number of hydrogen-bond donors (Lipinski definition) is 1. The smallest absolute Gasteiger partial charge is 0.419 e. The Labute approximate surface area is 119 Å². The number of nitrogens with one attached hydrogen (secondary N) is 1. The summed E-state index contributed by atoms with van der Waals surface area (Å²) in [5.74, 6) is -0.764. The third-order valence-electron chi connectivity index (χ3n) is 3.00. The number of furan rings is 1. The summed E-state index contributed by atoms with van der Waals surface area (Å²) in [6.07, 6.45) is -3.32. The minimum Gasteiger partial charge on any atom is -0.467 e. The van der Waals surface area contributed by atoms with Crippen LogP contribution >= 0.6 is 0 Å². The molecule has 0 bridgehead atoms. The molecule has 0 aliphatic rings. The molecule has 0 aliphatic heterocycles. The molecule has 0 fully saturated rings. The van der Waals surface area contributed by atoms with Crippen molar-refractivity contribution in [2.45, 2.75) is 32.6 Å². The molecule has 1 heterocycles. The highest BCUT2D eigenvalue weighted by Crippen LogP contribution is 2.35. The molecule has 1 aromatic carbocycles. The molecule has 0 unspecified atom stereocenters. The number of halogens is 4. The van der Waals surface area contributed by atoms with Crippen molar-refractivity contribution in [3.05, 3.63) is 47.7 Å². The van der Waals surface area contributed by atoms with Gasteiger partial charge in [-0.15, -0.1) is 0 Å². The Bertz CT molecular complexity index is 616. The van der Waals surface area contributed by atoms with Crippen molar-refractivity contribution < 1.29 is 22.0 Å². The van der Waals surface area contributed by atoms with Crippen molar-refractivity contribution in [1.29, 1.82) is 0 Å². The van der Waals surface area contributed by atoms with Crippen LogP contribution in [0.3, 0.4) is 0 Å². The second kappa shape index (κ2) is 5.89. The first-order valence-corrected chi connectivity index (χ1v) is 6.46. The van der Waals surface area contributed by atoms with Gasteiger partial charge in [-0.3, -0.25) is 0 Å². The second-order valence-electron chi connectivity index (χ2n) is 4.99. The van der Waals surface area contributed by atoms with Crippen molar-refractivity contribution >= 4 is 0 Å². The van der Waals surface area contributed by atoms with Gasteiger partial charge in [-0.05, 0) is 23.8 Å². The van der Waals surface area contributed by atoms with Crippen LogP contribution in [0.2, 0.25) is 0 Å². The molecule has 0 saturated carbocycles. The number of alkyl halides is 3. The van der Waals surface area contributed by atoms with Gasteiger partial charge in [0.1, 0.15) is 11.6 Å². The molecule has 0 radical (unpaired) electrons. The lowest BCUT2D eigenvalue weighted by Crippen LogP contribution is -2.21. The van der Waals surface area contributed by atoms with E-state index in [0.717, 1.165) is 12.1 Å². The van der Waals surface area contributed by atoms with Crippen molar-refractivity contribution in [2.75, 3.05) is 0 Å². The van der Waals surface area contributed by atoms with Crippen molar-refractivity contribution in [2.24, 2.45) is 0 Å². The van der Waals surface area contributed by atoms with Crippen LogP contribution in [-0.2, 0) is 12.7 Å². The number of hydrogen-bond acceptors (Lipinski definition) is 2. The summed E-state index contributed by atoms with van der Waals surface area (Å²) in [7, 11) is 0. The van der Waals surface area contributed by atoms with E-state index >= 15 is 0 Å². The molecule has 21 heavy (non-hydrogen) atoms. The summed E-state index contributed by atoms with van der Waals surface area (Å²) in [6, 6.07) is 4.73. The van der Waals surface area contributed by atoms with Gasteiger partial charge in [0.25, 0.3) is 0 Å². The van der Waals surface area contributed by atoms with E-state index < -0.39 is 17.6 Å². The van der Waals surface area contributed by atoms with E-state index in [1.807, 2.05) is 13.8 Å². The zero-order chi connectivity index (χ0) is 15.6. The molecular weight excluding hydrogens is 286 g/mol. The minimum absolute atomic E-state index is 0.210. The van der Waals surface area contributed by atoms with Crippen molar-refractivity contribution in [1.82, 2.24) is 5.32 Å². The van der Waals surface area contributed by atoms with Crippen LogP contribution in [0.1, 0.15) is 25.2 Å². The Kier molecular flexibility index (Phi) is 4.37. The quantitative estimate of drug-likeness (QED) is 0.835. The molecule has 2 nitrogen and oxygen atoms in total. The maximum absolute atomic E-state index is 13.3. The average Bonchev–Trinajstić information content (AvgIpc) is 2.84. The van der Waals surface area contributed by atoms with E-state index in [1.54, 1.807) is 6.07 Å². The first-order valence-electron chi connectivity index (χ1n) is 6.46. The molecule has 0 aliphatic carbocycles. The van der Waals surface area contributed by atoms with Gasteiger partial charge < -0.3 is 9.73 Å². The first kappa shape index (κ1) is 15.6. The van der Waals surface area contributed by atoms with E-state index in [9.17, 15) is 17.6 Å². The predicted octanol–water partition coefficient (Wildman–Crippen LogP) is 4.60. The molecule has 114 valence electrons. The highest BCUT2D eigenvalue weighted by Gasteiger charge is 2.34. The first-order chi connectivity index (χ1) is 9.79.